The lowest BCUT2D eigenvalue weighted by molar-refractivity contribution is -0.174. The predicted molar refractivity (Wildman–Crippen MR) is 111 cm³/mol. The van der Waals surface area contributed by atoms with Crippen molar-refractivity contribution < 1.29 is 20.1 Å². The van der Waals surface area contributed by atoms with Gasteiger partial charge < -0.3 is 15.3 Å². The maximum absolute atomic E-state index is 11.4. The zero-order valence-corrected chi connectivity index (χ0v) is 18.4. The minimum absolute atomic E-state index is 0.113. The largest absolute Gasteiger partial charge is 0.481 e. The van der Waals surface area contributed by atoms with Gasteiger partial charge in [0.25, 0.3) is 0 Å². The van der Waals surface area contributed by atoms with Crippen LogP contribution in [0.1, 0.15) is 78.6 Å². The number of hydrogen-bond donors (Lipinski definition) is 3. The van der Waals surface area contributed by atoms with Crippen LogP contribution in [0.3, 0.4) is 0 Å². The van der Waals surface area contributed by atoms with E-state index in [4.69, 9.17) is 0 Å². The van der Waals surface area contributed by atoms with Crippen molar-refractivity contribution in [3.8, 4) is 0 Å². The van der Waals surface area contributed by atoms with Gasteiger partial charge in [0, 0.05) is 0 Å². The van der Waals surface area contributed by atoms with Crippen LogP contribution in [0.5, 0.6) is 0 Å². The van der Waals surface area contributed by atoms with E-state index in [2.05, 4.69) is 20.8 Å². The molecule has 0 aliphatic heterocycles. The van der Waals surface area contributed by atoms with Gasteiger partial charge in [-0.15, -0.1) is 0 Å². The first-order valence-electron chi connectivity index (χ1n) is 12.3. The predicted octanol–water partition coefficient (Wildman–Crippen LogP) is 4.33. The summed E-state index contributed by atoms with van der Waals surface area (Å²) in [5.41, 5.74) is 0.531. The second-order valence-electron chi connectivity index (χ2n) is 12.2. The molecule has 0 bridgehead atoms. The molecule has 5 rings (SSSR count). The van der Waals surface area contributed by atoms with Gasteiger partial charge in [0.05, 0.1) is 18.1 Å². The summed E-state index contributed by atoms with van der Waals surface area (Å²) in [7, 11) is 0. The van der Waals surface area contributed by atoms with E-state index < -0.39 is 5.97 Å². The smallest absolute Gasteiger partial charge is 0.306 e. The van der Waals surface area contributed by atoms with E-state index in [1.54, 1.807) is 0 Å². The third-order valence-corrected chi connectivity index (χ3v) is 11.2. The number of aliphatic carboxylic acids is 1. The van der Waals surface area contributed by atoms with Crippen molar-refractivity contribution in [2.75, 3.05) is 0 Å². The Labute approximate surface area is 175 Å². The van der Waals surface area contributed by atoms with Crippen molar-refractivity contribution in [1.82, 2.24) is 0 Å². The molecule has 0 amide bonds. The number of carbonyl (C=O) groups is 1. The second kappa shape index (κ2) is 6.69. The van der Waals surface area contributed by atoms with E-state index >= 15 is 0 Å². The monoisotopic (exact) mass is 404 g/mol. The lowest BCUT2D eigenvalue weighted by atomic mass is 9.43. The molecule has 0 spiro atoms. The van der Waals surface area contributed by atoms with E-state index in [1.807, 2.05) is 0 Å². The number of aliphatic hydroxyl groups excluding tert-OH is 2. The van der Waals surface area contributed by atoms with E-state index in [9.17, 15) is 20.1 Å². The molecule has 5 fully saturated rings. The number of fused-ring (bicyclic) bond motifs is 5. The summed E-state index contributed by atoms with van der Waals surface area (Å²) in [5.74, 6) is 2.76. The molecule has 0 aromatic carbocycles. The summed E-state index contributed by atoms with van der Waals surface area (Å²) in [4.78, 5) is 11.4. The highest BCUT2D eigenvalue weighted by Gasteiger charge is 2.64. The number of rotatable bonds is 3. The topological polar surface area (TPSA) is 77.8 Å². The SMILES string of the molecule is CC(C1CC[C@H]2[C@@H]3[C@@H](O)CC4C[C@H](O)CCC4(C)[C@H]3CCC12C)[C@@H]1C[C@@H]1C(=O)O. The molecule has 164 valence electrons. The Morgan fingerprint density at radius 2 is 1.62 bits per heavy atom. The molecule has 3 N–H and O–H groups in total. The molecule has 29 heavy (non-hydrogen) atoms. The quantitative estimate of drug-likeness (QED) is 0.654. The lowest BCUT2D eigenvalue weighted by Gasteiger charge is -2.62. The van der Waals surface area contributed by atoms with Crippen LogP contribution in [0.2, 0.25) is 0 Å². The Morgan fingerprint density at radius 1 is 0.931 bits per heavy atom. The molecule has 4 heteroatoms. The molecule has 5 aliphatic carbocycles. The summed E-state index contributed by atoms with van der Waals surface area (Å²) in [6, 6.07) is 0. The first kappa shape index (κ1) is 20.3. The fourth-order valence-electron chi connectivity index (χ4n) is 9.48. The zero-order valence-electron chi connectivity index (χ0n) is 18.4. The highest BCUT2D eigenvalue weighted by Crippen LogP contribution is 2.69. The third-order valence-electron chi connectivity index (χ3n) is 11.2. The minimum Gasteiger partial charge on any atom is -0.481 e. The fourth-order valence-corrected chi connectivity index (χ4v) is 9.48. The van der Waals surface area contributed by atoms with Crippen molar-refractivity contribution in [3.63, 3.8) is 0 Å². The molecule has 0 radical (unpaired) electrons. The summed E-state index contributed by atoms with van der Waals surface area (Å²) in [6.07, 6.45) is 9.08. The van der Waals surface area contributed by atoms with Crippen LogP contribution in [0.25, 0.3) is 0 Å². The van der Waals surface area contributed by atoms with Crippen LogP contribution in [0, 0.1) is 58.2 Å². The van der Waals surface area contributed by atoms with Gasteiger partial charge in [0.2, 0.25) is 0 Å². The Balaban J connectivity index is 1.39. The van der Waals surface area contributed by atoms with Gasteiger partial charge in [-0.25, -0.2) is 0 Å². The number of carboxylic acids is 1. The van der Waals surface area contributed by atoms with Crippen LogP contribution in [-0.2, 0) is 4.79 Å². The first-order chi connectivity index (χ1) is 13.7. The first-order valence-corrected chi connectivity index (χ1v) is 12.3. The van der Waals surface area contributed by atoms with Crippen LogP contribution < -0.4 is 0 Å². The zero-order chi connectivity index (χ0) is 20.7. The average molecular weight is 405 g/mol. The Morgan fingerprint density at radius 3 is 2.31 bits per heavy atom. The van der Waals surface area contributed by atoms with Crippen LogP contribution in [0.15, 0.2) is 0 Å². The van der Waals surface area contributed by atoms with Gasteiger partial charge in [-0.1, -0.05) is 20.8 Å². The van der Waals surface area contributed by atoms with Gasteiger partial charge in [-0.2, -0.15) is 0 Å². The molecule has 5 aliphatic rings. The number of carboxylic acid groups (broad SMARTS) is 1. The molecule has 0 saturated heterocycles. The van der Waals surface area contributed by atoms with Crippen LogP contribution >= 0.6 is 0 Å². The molecule has 0 aromatic heterocycles. The summed E-state index contributed by atoms with van der Waals surface area (Å²) in [5, 5.41) is 30.9. The molecular formula is C25H40O4. The highest BCUT2D eigenvalue weighted by molar-refractivity contribution is 5.73. The minimum atomic E-state index is -0.605. The van der Waals surface area contributed by atoms with Crippen molar-refractivity contribution >= 4 is 5.97 Å². The molecule has 12 atom stereocenters. The summed E-state index contributed by atoms with van der Waals surface area (Å²) in [6.45, 7) is 7.26. The highest BCUT2D eigenvalue weighted by atomic mass is 16.4. The van der Waals surface area contributed by atoms with Crippen molar-refractivity contribution in [3.05, 3.63) is 0 Å². The van der Waals surface area contributed by atoms with Gasteiger partial charge >= 0.3 is 5.97 Å². The Hall–Kier alpha value is -0.610. The third kappa shape index (κ3) is 2.87. The standard InChI is InChI=1S/C25H40O4/c1-13(16-12-17(16)23(28)29)18-4-5-19-22-20(7-9-25(18,19)3)24(2)8-6-15(26)10-14(24)11-21(22)27/h13-22,26-27H,4-12H2,1-3H3,(H,28,29)/t13?,14?,15-,16+,17+,18?,19+,20+,21+,22+,24?,25?/m1/s1. The van der Waals surface area contributed by atoms with E-state index in [0.29, 0.717) is 41.4 Å². The molecule has 0 aromatic rings. The number of hydrogen-bond acceptors (Lipinski definition) is 3. The van der Waals surface area contributed by atoms with E-state index in [-0.39, 0.29) is 29.0 Å². The van der Waals surface area contributed by atoms with Gasteiger partial charge in [-0.3, -0.25) is 4.79 Å². The Bertz CT molecular complexity index is 678. The van der Waals surface area contributed by atoms with Crippen LogP contribution in [-0.4, -0.2) is 33.5 Å². The second-order valence-corrected chi connectivity index (χ2v) is 12.2. The molecule has 0 heterocycles. The molecule has 5 unspecified atom stereocenters. The maximum atomic E-state index is 11.4. The number of aliphatic hydroxyl groups is 2. The Kier molecular flexibility index (Phi) is 4.68. The van der Waals surface area contributed by atoms with Crippen LogP contribution in [0.4, 0.5) is 0 Å². The van der Waals surface area contributed by atoms with E-state index in [1.165, 1.54) is 25.7 Å². The molecule has 4 nitrogen and oxygen atoms in total. The maximum Gasteiger partial charge on any atom is 0.306 e. The normalized spacial score (nSPS) is 57.3. The van der Waals surface area contributed by atoms with Crippen molar-refractivity contribution in [1.29, 1.82) is 0 Å². The van der Waals surface area contributed by atoms with E-state index in [0.717, 1.165) is 32.1 Å². The van der Waals surface area contributed by atoms with Gasteiger partial charge in [-0.05, 0) is 110 Å². The fraction of sp³-hybridized carbons (Fsp3) is 0.960. The summed E-state index contributed by atoms with van der Waals surface area (Å²) < 4.78 is 0. The summed E-state index contributed by atoms with van der Waals surface area (Å²) >= 11 is 0. The van der Waals surface area contributed by atoms with Crippen molar-refractivity contribution in [2.45, 2.75) is 90.8 Å². The lowest BCUT2D eigenvalue weighted by Crippen LogP contribution is -2.58. The van der Waals surface area contributed by atoms with Gasteiger partial charge in [0.15, 0.2) is 0 Å². The van der Waals surface area contributed by atoms with Crippen molar-refractivity contribution in [2.24, 2.45) is 58.2 Å². The van der Waals surface area contributed by atoms with Gasteiger partial charge in [0.1, 0.15) is 0 Å². The average Bonchev–Trinajstić information content (AvgIpc) is 3.39. The molecule has 5 saturated carbocycles. The molecular weight excluding hydrogens is 364 g/mol.